The molecular weight excluding hydrogens is 292 g/mol. The van der Waals surface area contributed by atoms with Crippen LogP contribution in [0.5, 0.6) is 0 Å². The van der Waals surface area contributed by atoms with Crippen molar-refractivity contribution in [1.29, 1.82) is 0 Å². The second-order valence-corrected chi connectivity index (χ2v) is 6.29. The zero-order valence-electron chi connectivity index (χ0n) is 13.5. The highest BCUT2D eigenvalue weighted by Gasteiger charge is 2.50. The maximum Gasteiger partial charge on any atom is 0.145 e. The van der Waals surface area contributed by atoms with E-state index in [2.05, 4.69) is 26.0 Å². The van der Waals surface area contributed by atoms with Gasteiger partial charge in [0.1, 0.15) is 24.1 Å². The predicted octanol–water partition coefficient (Wildman–Crippen LogP) is 3.92. The van der Waals surface area contributed by atoms with Gasteiger partial charge in [-0.3, -0.25) is 0 Å². The van der Waals surface area contributed by atoms with E-state index >= 15 is 0 Å². The number of hydrogen-bond acceptors (Lipinski definition) is 4. The molecule has 0 N–H and O–H groups in total. The Hall–Kier alpha value is -1.62. The van der Waals surface area contributed by atoms with E-state index in [-0.39, 0.29) is 24.4 Å². The Morgan fingerprint density at radius 1 is 1.22 bits per heavy atom. The van der Waals surface area contributed by atoms with E-state index in [0.29, 0.717) is 13.2 Å². The van der Waals surface area contributed by atoms with Crippen molar-refractivity contribution in [3.8, 4) is 0 Å². The van der Waals surface area contributed by atoms with Gasteiger partial charge in [0, 0.05) is 5.56 Å². The molecule has 2 aromatic rings. The predicted molar refractivity (Wildman–Crippen MR) is 84.9 cm³/mol. The molecule has 2 aliphatic rings. The van der Waals surface area contributed by atoms with Crippen LogP contribution in [0.1, 0.15) is 41.9 Å². The Labute approximate surface area is 136 Å². The monoisotopic (exact) mass is 314 g/mol. The van der Waals surface area contributed by atoms with Crippen molar-refractivity contribution in [2.24, 2.45) is 0 Å². The van der Waals surface area contributed by atoms with Gasteiger partial charge < -0.3 is 18.6 Å². The van der Waals surface area contributed by atoms with Gasteiger partial charge in [-0.1, -0.05) is 31.2 Å². The molecule has 0 amide bonds. The van der Waals surface area contributed by atoms with Crippen LogP contribution in [-0.4, -0.2) is 18.3 Å². The Morgan fingerprint density at radius 2 is 2.09 bits per heavy atom. The number of benzene rings is 1. The lowest BCUT2D eigenvalue weighted by molar-refractivity contribution is -0.0899. The highest BCUT2D eigenvalue weighted by atomic mass is 16.6. The van der Waals surface area contributed by atoms with E-state index in [9.17, 15) is 0 Å². The minimum absolute atomic E-state index is 0.0325. The Kier molecular flexibility index (Phi) is 3.97. The number of rotatable bonds is 4. The molecule has 1 aromatic heterocycles. The average Bonchev–Trinajstić information content (AvgIpc) is 3.17. The molecule has 0 aliphatic carbocycles. The molecule has 122 valence electrons. The van der Waals surface area contributed by atoms with Crippen LogP contribution in [-0.2, 0) is 27.4 Å². The molecule has 23 heavy (non-hydrogen) atoms. The zero-order valence-corrected chi connectivity index (χ0v) is 13.5. The molecule has 1 aromatic carbocycles. The minimum Gasteiger partial charge on any atom is -0.466 e. The lowest BCUT2D eigenvalue weighted by Crippen LogP contribution is -2.37. The molecule has 4 nitrogen and oxygen atoms in total. The summed E-state index contributed by atoms with van der Waals surface area (Å²) in [4.78, 5) is 0. The molecule has 4 atom stereocenters. The molecule has 4 rings (SSSR count). The molecule has 1 saturated heterocycles. The number of ether oxygens (including phenoxy) is 3. The fraction of sp³-hybridized carbons (Fsp3) is 0.474. The van der Waals surface area contributed by atoms with E-state index < -0.39 is 0 Å². The first-order valence-corrected chi connectivity index (χ1v) is 8.27. The van der Waals surface area contributed by atoms with Gasteiger partial charge in [-0.2, -0.15) is 0 Å². The van der Waals surface area contributed by atoms with Crippen molar-refractivity contribution < 1.29 is 18.6 Å². The zero-order chi connectivity index (χ0) is 15.8. The van der Waals surface area contributed by atoms with Crippen LogP contribution in [0.4, 0.5) is 0 Å². The van der Waals surface area contributed by atoms with Crippen LogP contribution in [0.2, 0.25) is 0 Å². The van der Waals surface area contributed by atoms with Crippen molar-refractivity contribution in [3.63, 3.8) is 0 Å². The third kappa shape index (κ3) is 2.61. The molecule has 0 saturated carbocycles. The summed E-state index contributed by atoms with van der Waals surface area (Å²) in [5.41, 5.74) is 3.54. The van der Waals surface area contributed by atoms with Crippen molar-refractivity contribution in [2.75, 3.05) is 0 Å². The number of furan rings is 1. The largest absolute Gasteiger partial charge is 0.466 e. The summed E-state index contributed by atoms with van der Waals surface area (Å²) < 4.78 is 24.1. The summed E-state index contributed by atoms with van der Waals surface area (Å²) in [7, 11) is 0. The highest BCUT2D eigenvalue weighted by Crippen LogP contribution is 2.43. The van der Waals surface area contributed by atoms with Crippen molar-refractivity contribution in [3.05, 3.63) is 59.0 Å². The molecular formula is C19H22O4. The van der Waals surface area contributed by atoms with Gasteiger partial charge in [0.05, 0.1) is 25.6 Å². The van der Waals surface area contributed by atoms with Gasteiger partial charge in [0.25, 0.3) is 0 Å². The molecule has 2 aliphatic heterocycles. The Balaban J connectivity index is 1.53. The summed E-state index contributed by atoms with van der Waals surface area (Å²) in [6.07, 6.45) is 2.32. The second kappa shape index (κ2) is 6.11. The van der Waals surface area contributed by atoms with Crippen LogP contribution in [0, 0.1) is 6.92 Å². The van der Waals surface area contributed by atoms with E-state index in [0.717, 1.165) is 17.7 Å². The van der Waals surface area contributed by atoms with Gasteiger partial charge in [0.15, 0.2) is 0 Å². The molecule has 1 fully saturated rings. The first-order chi connectivity index (χ1) is 11.3. The summed E-state index contributed by atoms with van der Waals surface area (Å²) in [5.74, 6) is 0.904. The Bertz CT molecular complexity index is 678. The van der Waals surface area contributed by atoms with E-state index in [1.165, 1.54) is 11.1 Å². The standard InChI is InChI=1S/C19H22O4/c1-3-15-17(21-10-13-7-5-4-6-12(13)2)18-19(23-15)16-14(11-22-18)8-9-20-16/h4-9,15,17-19H,3,10-11H2,1-2H3/t15-,17+,18-,19-/m1/s1. The van der Waals surface area contributed by atoms with Crippen LogP contribution >= 0.6 is 0 Å². The Morgan fingerprint density at radius 3 is 2.91 bits per heavy atom. The topological polar surface area (TPSA) is 40.8 Å². The minimum atomic E-state index is -0.152. The van der Waals surface area contributed by atoms with Gasteiger partial charge in [-0.25, -0.2) is 0 Å². The quantitative estimate of drug-likeness (QED) is 0.857. The maximum atomic E-state index is 6.24. The smallest absolute Gasteiger partial charge is 0.145 e. The van der Waals surface area contributed by atoms with Gasteiger partial charge >= 0.3 is 0 Å². The highest BCUT2D eigenvalue weighted by molar-refractivity contribution is 5.26. The third-order valence-corrected chi connectivity index (χ3v) is 4.88. The van der Waals surface area contributed by atoms with E-state index in [1.54, 1.807) is 6.26 Å². The number of hydrogen-bond donors (Lipinski definition) is 0. The normalized spacial score (nSPS) is 29.3. The van der Waals surface area contributed by atoms with Gasteiger partial charge in [-0.15, -0.1) is 0 Å². The summed E-state index contributed by atoms with van der Waals surface area (Å²) >= 11 is 0. The maximum absolute atomic E-state index is 6.24. The first-order valence-electron chi connectivity index (χ1n) is 8.27. The number of fused-ring (bicyclic) bond motifs is 3. The number of aryl methyl sites for hydroxylation is 1. The van der Waals surface area contributed by atoms with Crippen LogP contribution in [0.25, 0.3) is 0 Å². The fourth-order valence-corrected chi connectivity index (χ4v) is 3.51. The molecule has 0 bridgehead atoms. The molecule has 0 spiro atoms. The van der Waals surface area contributed by atoms with E-state index in [1.807, 2.05) is 18.2 Å². The molecule has 0 radical (unpaired) electrons. The fourth-order valence-electron chi connectivity index (χ4n) is 3.51. The van der Waals surface area contributed by atoms with Crippen molar-refractivity contribution in [1.82, 2.24) is 0 Å². The molecule has 0 unspecified atom stereocenters. The second-order valence-electron chi connectivity index (χ2n) is 6.29. The summed E-state index contributed by atoms with van der Waals surface area (Å²) in [6, 6.07) is 10.3. The van der Waals surface area contributed by atoms with Gasteiger partial charge in [-0.05, 0) is 30.5 Å². The average molecular weight is 314 g/mol. The molecule has 3 heterocycles. The van der Waals surface area contributed by atoms with Crippen LogP contribution < -0.4 is 0 Å². The summed E-state index contributed by atoms with van der Waals surface area (Å²) in [6.45, 7) is 5.37. The van der Waals surface area contributed by atoms with E-state index in [4.69, 9.17) is 18.6 Å². The SMILES string of the molecule is CC[C@H]1O[C@@H]2c3occc3CO[C@@H]2[C@H]1OCc1ccccc1C. The lowest BCUT2D eigenvalue weighted by atomic mass is 10.00. The lowest BCUT2D eigenvalue weighted by Gasteiger charge is -2.27. The summed E-state index contributed by atoms with van der Waals surface area (Å²) in [5, 5.41) is 0. The third-order valence-electron chi connectivity index (χ3n) is 4.88. The first kappa shape index (κ1) is 14.9. The molecule has 4 heteroatoms. The van der Waals surface area contributed by atoms with Crippen LogP contribution in [0.3, 0.4) is 0 Å². The van der Waals surface area contributed by atoms with Crippen molar-refractivity contribution in [2.45, 2.75) is 57.9 Å². The van der Waals surface area contributed by atoms with Crippen molar-refractivity contribution >= 4 is 0 Å². The van der Waals surface area contributed by atoms with Gasteiger partial charge in [0.2, 0.25) is 0 Å². The van der Waals surface area contributed by atoms with Crippen LogP contribution in [0.15, 0.2) is 41.0 Å².